The van der Waals surface area contributed by atoms with Crippen molar-refractivity contribution in [2.24, 2.45) is 5.73 Å². The molecule has 0 saturated heterocycles. The molecule has 2 aromatic rings. The van der Waals surface area contributed by atoms with Crippen LogP contribution in [0, 0.1) is 18.6 Å². The fraction of sp³-hybridized carbons (Fsp3) is 0.250. The van der Waals surface area contributed by atoms with Gasteiger partial charge in [-0.2, -0.15) is 0 Å². The molecule has 2 N–H and O–H groups in total. The third kappa shape index (κ3) is 3.33. The van der Waals surface area contributed by atoms with E-state index in [1.807, 2.05) is 0 Å². The molecule has 2 atom stereocenters. The third-order valence-electron chi connectivity index (χ3n) is 3.05. The molecule has 2 aromatic carbocycles. The van der Waals surface area contributed by atoms with Crippen molar-refractivity contribution in [3.63, 3.8) is 0 Å². The van der Waals surface area contributed by atoms with Gasteiger partial charge in [-0.25, -0.2) is 8.78 Å². The normalized spacial score (nSPS) is 13.8. The lowest BCUT2D eigenvalue weighted by Crippen LogP contribution is -2.29. The SMILES string of the molecule is Cc1cc(OC(c2cccc(F)c2)C(C)N)ccc1F. The highest BCUT2D eigenvalue weighted by atomic mass is 19.1. The molecule has 0 heterocycles. The first kappa shape index (κ1) is 14.5. The first-order chi connectivity index (χ1) is 9.47. The summed E-state index contributed by atoms with van der Waals surface area (Å²) in [6.07, 6.45) is -0.490. The second-order valence-electron chi connectivity index (χ2n) is 4.86. The molecule has 2 nitrogen and oxygen atoms in total. The van der Waals surface area contributed by atoms with Gasteiger partial charge in [-0.05, 0) is 55.3 Å². The lowest BCUT2D eigenvalue weighted by molar-refractivity contribution is 0.179. The van der Waals surface area contributed by atoms with E-state index in [1.165, 1.54) is 24.3 Å². The van der Waals surface area contributed by atoms with Gasteiger partial charge in [0.25, 0.3) is 0 Å². The Kier molecular flexibility index (Phi) is 4.35. The number of nitrogens with two attached hydrogens (primary N) is 1. The van der Waals surface area contributed by atoms with Crippen molar-refractivity contribution < 1.29 is 13.5 Å². The minimum Gasteiger partial charge on any atom is -0.484 e. The maximum atomic E-state index is 13.3. The van der Waals surface area contributed by atoms with E-state index in [-0.39, 0.29) is 17.7 Å². The molecule has 106 valence electrons. The summed E-state index contributed by atoms with van der Waals surface area (Å²) in [7, 11) is 0. The number of ether oxygens (including phenoxy) is 1. The molecule has 2 rings (SSSR count). The highest BCUT2D eigenvalue weighted by Crippen LogP contribution is 2.26. The third-order valence-corrected chi connectivity index (χ3v) is 3.05. The Labute approximate surface area is 117 Å². The Morgan fingerprint density at radius 3 is 2.45 bits per heavy atom. The number of hydrogen-bond donors (Lipinski definition) is 1. The lowest BCUT2D eigenvalue weighted by atomic mass is 10.0. The molecular weight excluding hydrogens is 260 g/mol. The molecule has 2 unspecified atom stereocenters. The van der Waals surface area contributed by atoms with Gasteiger partial charge in [-0.1, -0.05) is 12.1 Å². The fourth-order valence-corrected chi connectivity index (χ4v) is 2.00. The van der Waals surface area contributed by atoms with Crippen molar-refractivity contribution >= 4 is 0 Å². The summed E-state index contributed by atoms with van der Waals surface area (Å²) in [6, 6.07) is 10.3. The molecule has 0 bridgehead atoms. The predicted molar refractivity (Wildman–Crippen MR) is 74.6 cm³/mol. The van der Waals surface area contributed by atoms with Crippen molar-refractivity contribution in [2.45, 2.75) is 26.0 Å². The average molecular weight is 277 g/mol. The molecule has 0 aliphatic heterocycles. The molecule has 0 aliphatic rings. The van der Waals surface area contributed by atoms with Crippen LogP contribution in [0.5, 0.6) is 5.75 Å². The summed E-state index contributed by atoms with van der Waals surface area (Å²) in [6.45, 7) is 3.44. The van der Waals surface area contributed by atoms with Crippen LogP contribution < -0.4 is 10.5 Å². The molecular formula is C16H17F2NO. The van der Waals surface area contributed by atoms with Crippen LogP contribution in [0.3, 0.4) is 0 Å². The maximum absolute atomic E-state index is 13.3. The van der Waals surface area contributed by atoms with Crippen LogP contribution in [-0.4, -0.2) is 6.04 Å². The summed E-state index contributed by atoms with van der Waals surface area (Å²) in [5.74, 6) is -0.122. The smallest absolute Gasteiger partial charge is 0.139 e. The van der Waals surface area contributed by atoms with E-state index in [9.17, 15) is 8.78 Å². The van der Waals surface area contributed by atoms with Gasteiger partial charge in [0.15, 0.2) is 0 Å². The number of rotatable bonds is 4. The van der Waals surface area contributed by atoms with E-state index in [0.29, 0.717) is 16.9 Å². The van der Waals surface area contributed by atoms with E-state index in [2.05, 4.69) is 0 Å². The second-order valence-corrected chi connectivity index (χ2v) is 4.86. The first-order valence-corrected chi connectivity index (χ1v) is 6.41. The van der Waals surface area contributed by atoms with E-state index in [0.717, 1.165) is 0 Å². The van der Waals surface area contributed by atoms with Crippen molar-refractivity contribution in [2.75, 3.05) is 0 Å². The van der Waals surface area contributed by atoms with Crippen molar-refractivity contribution in [1.29, 1.82) is 0 Å². The highest BCUT2D eigenvalue weighted by Gasteiger charge is 2.19. The van der Waals surface area contributed by atoms with Crippen molar-refractivity contribution in [3.05, 3.63) is 65.2 Å². The van der Waals surface area contributed by atoms with Gasteiger partial charge in [0.1, 0.15) is 23.5 Å². The second kappa shape index (κ2) is 6.01. The monoisotopic (exact) mass is 277 g/mol. The van der Waals surface area contributed by atoms with E-state index in [4.69, 9.17) is 10.5 Å². The summed E-state index contributed by atoms with van der Waals surface area (Å²) >= 11 is 0. The zero-order valence-corrected chi connectivity index (χ0v) is 11.4. The molecule has 0 aliphatic carbocycles. The van der Waals surface area contributed by atoms with Gasteiger partial charge < -0.3 is 10.5 Å². The van der Waals surface area contributed by atoms with Gasteiger partial charge in [0.05, 0.1) is 0 Å². The molecule has 0 saturated carbocycles. The summed E-state index contributed by atoms with van der Waals surface area (Å²) in [5, 5.41) is 0. The Hall–Kier alpha value is -1.94. The molecule has 0 spiro atoms. The minimum absolute atomic E-state index is 0.291. The summed E-state index contributed by atoms with van der Waals surface area (Å²) in [5.41, 5.74) is 7.06. The number of halogens is 2. The van der Waals surface area contributed by atoms with Crippen molar-refractivity contribution in [1.82, 2.24) is 0 Å². The first-order valence-electron chi connectivity index (χ1n) is 6.41. The number of aryl methyl sites for hydroxylation is 1. The Balaban J connectivity index is 2.28. The number of hydrogen-bond acceptors (Lipinski definition) is 2. The molecule has 0 aromatic heterocycles. The van der Waals surface area contributed by atoms with E-state index < -0.39 is 6.10 Å². The van der Waals surface area contributed by atoms with Crippen LogP contribution >= 0.6 is 0 Å². The van der Waals surface area contributed by atoms with E-state index >= 15 is 0 Å². The quantitative estimate of drug-likeness (QED) is 0.924. The zero-order valence-electron chi connectivity index (χ0n) is 11.4. The summed E-state index contributed by atoms with van der Waals surface area (Å²) in [4.78, 5) is 0. The zero-order chi connectivity index (χ0) is 14.7. The van der Waals surface area contributed by atoms with Gasteiger partial charge in [-0.15, -0.1) is 0 Å². The molecule has 20 heavy (non-hydrogen) atoms. The van der Waals surface area contributed by atoms with Crippen LogP contribution in [0.2, 0.25) is 0 Å². The average Bonchev–Trinajstić information content (AvgIpc) is 2.39. The lowest BCUT2D eigenvalue weighted by Gasteiger charge is -2.23. The van der Waals surface area contributed by atoms with Crippen LogP contribution in [0.15, 0.2) is 42.5 Å². The van der Waals surface area contributed by atoms with Crippen LogP contribution in [0.1, 0.15) is 24.2 Å². The van der Waals surface area contributed by atoms with Crippen molar-refractivity contribution in [3.8, 4) is 5.75 Å². The number of benzene rings is 2. The van der Waals surface area contributed by atoms with Gasteiger partial charge >= 0.3 is 0 Å². The Morgan fingerprint density at radius 1 is 1.10 bits per heavy atom. The largest absolute Gasteiger partial charge is 0.484 e. The summed E-state index contributed by atoms with van der Waals surface area (Å²) < 4.78 is 32.3. The minimum atomic E-state index is -0.490. The Morgan fingerprint density at radius 2 is 1.85 bits per heavy atom. The molecule has 0 radical (unpaired) electrons. The molecule has 0 amide bonds. The van der Waals surface area contributed by atoms with Gasteiger partial charge in [-0.3, -0.25) is 0 Å². The van der Waals surface area contributed by atoms with Crippen LogP contribution in [0.4, 0.5) is 8.78 Å². The van der Waals surface area contributed by atoms with Gasteiger partial charge in [0, 0.05) is 6.04 Å². The highest BCUT2D eigenvalue weighted by molar-refractivity contribution is 5.30. The van der Waals surface area contributed by atoms with Crippen LogP contribution in [-0.2, 0) is 0 Å². The maximum Gasteiger partial charge on any atom is 0.139 e. The van der Waals surface area contributed by atoms with E-state index in [1.54, 1.807) is 32.0 Å². The van der Waals surface area contributed by atoms with Gasteiger partial charge in [0.2, 0.25) is 0 Å². The topological polar surface area (TPSA) is 35.2 Å². The standard InChI is InChI=1S/C16H17F2NO/c1-10-8-14(6-7-15(10)18)20-16(11(2)19)12-4-3-5-13(17)9-12/h3-9,11,16H,19H2,1-2H3. The predicted octanol–water partition coefficient (Wildman–Crippen LogP) is 3.74. The Bertz CT molecular complexity index is 599. The molecule has 0 fully saturated rings. The fourth-order valence-electron chi connectivity index (χ4n) is 2.00. The molecule has 4 heteroatoms. The van der Waals surface area contributed by atoms with Crippen LogP contribution in [0.25, 0.3) is 0 Å².